The number of hydrogen-bond donors (Lipinski definition) is 1. The largest absolute Gasteiger partial charge is 0.277 e. The van der Waals surface area contributed by atoms with Gasteiger partial charge in [0.05, 0.1) is 15.5 Å². The topological polar surface area (TPSA) is 107 Å². The third-order valence-electron chi connectivity index (χ3n) is 2.89. The molecular weight excluding hydrogens is 294 g/mol. The summed E-state index contributed by atoms with van der Waals surface area (Å²) in [5.74, 6) is 5.64. The van der Waals surface area contributed by atoms with Crippen LogP contribution in [-0.2, 0) is 10.0 Å². The fourth-order valence-electron chi connectivity index (χ4n) is 1.68. The Bertz CT molecular complexity index is 755. The van der Waals surface area contributed by atoms with E-state index in [1.54, 1.807) is 12.1 Å². The Labute approximate surface area is 121 Å². The van der Waals surface area contributed by atoms with Gasteiger partial charge in [0.2, 0.25) is 0 Å². The Morgan fingerprint density at radius 2 is 1.57 bits per heavy atom. The number of sulfonamides is 1. The molecule has 0 atom stereocenters. The smallest absolute Gasteiger partial charge is 0.258 e. The average Bonchev–Trinajstić information content (AvgIpc) is 2.47. The lowest BCUT2D eigenvalue weighted by atomic mass is 10.2. The van der Waals surface area contributed by atoms with Crippen molar-refractivity contribution in [2.75, 3.05) is 4.41 Å². The lowest BCUT2D eigenvalue weighted by Gasteiger charge is -2.18. The summed E-state index contributed by atoms with van der Waals surface area (Å²) in [5.41, 5.74) is 0.925. The van der Waals surface area contributed by atoms with Crippen molar-refractivity contribution < 1.29 is 13.3 Å². The Kier molecular flexibility index (Phi) is 3.92. The van der Waals surface area contributed by atoms with E-state index in [0.29, 0.717) is 4.41 Å². The van der Waals surface area contributed by atoms with E-state index in [1.165, 1.54) is 36.4 Å². The molecule has 0 radical (unpaired) electrons. The number of nitrogens with two attached hydrogens (primary N) is 1. The van der Waals surface area contributed by atoms with Gasteiger partial charge in [-0.1, -0.05) is 17.7 Å². The van der Waals surface area contributed by atoms with Crippen molar-refractivity contribution in [1.29, 1.82) is 0 Å². The van der Waals surface area contributed by atoms with E-state index in [0.717, 1.165) is 5.56 Å². The third-order valence-corrected chi connectivity index (χ3v) is 4.49. The van der Waals surface area contributed by atoms with Crippen molar-refractivity contribution >= 4 is 21.4 Å². The summed E-state index contributed by atoms with van der Waals surface area (Å²) in [6.45, 7) is 1.84. The highest BCUT2D eigenvalue weighted by atomic mass is 32.2. The number of nitrogens with zero attached hydrogens (tertiary/aromatic N) is 2. The minimum atomic E-state index is -3.90. The van der Waals surface area contributed by atoms with E-state index in [-0.39, 0.29) is 16.3 Å². The number of aryl methyl sites for hydroxylation is 1. The molecule has 110 valence electrons. The van der Waals surface area contributed by atoms with Crippen LogP contribution in [0.1, 0.15) is 5.56 Å². The van der Waals surface area contributed by atoms with Crippen LogP contribution >= 0.6 is 0 Å². The maximum atomic E-state index is 12.3. The van der Waals surface area contributed by atoms with Gasteiger partial charge in [-0.2, -0.15) is 8.42 Å². The van der Waals surface area contributed by atoms with Gasteiger partial charge in [0, 0.05) is 12.1 Å². The predicted octanol–water partition coefficient (Wildman–Crippen LogP) is 1.97. The van der Waals surface area contributed by atoms with Crippen molar-refractivity contribution in [2.45, 2.75) is 11.8 Å². The fourth-order valence-corrected chi connectivity index (χ4v) is 2.79. The third kappa shape index (κ3) is 3.01. The summed E-state index contributed by atoms with van der Waals surface area (Å²) in [7, 11) is -3.90. The zero-order valence-electron chi connectivity index (χ0n) is 11.1. The molecule has 0 amide bonds. The van der Waals surface area contributed by atoms with Crippen LogP contribution in [0.3, 0.4) is 0 Å². The molecule has 0 unspecified atom stereocenters. The average molecular weight is 307 g/mol. The molecule has 0 aromatic heterocycles. The highest BCUT2D eigenvalue weighted by Gasteiger charge is 2.22. The van der Waals surface area contributed by atoms with Crippen LogP contribution in [0, 0.1) is 17.0 Å². The number of non-ortho nitro benzene ring substituents is 1. The monoisotopic (exact) mass is 307 g/mol. The molecule has 0 aliphatic heterocycles. The highest BCUT2D eigenvalue weighted by molar-refractivity contribution is 7.92. The van der Waals surface area contributed by atoms with Crippen LogP contribution in [0.25, 0.3) is 0 Å². The second-order valence-electron chi connectivity index (χ2n) is 4.39. The molecule has 0 aliphatic carbocycles. The lowest BCUT2D eigenvalue weighted by molar-refractivity contribution is -0.384. The Morgan fingerprint density at radius 3 is 2.05 bits per heavy atom. The molecule has 8 heteroatoms. The SMILES string of the molecule is Cc1ccc(S(=O)(=O)N(N)c2ccc([N+](=O)[O-])cc2)cc1. The highest BCUT2D eigenvalue weighted by Crippen LogP contribution is 2.23. The Balaban J connectivity index is 2.35. The zero-order valence-corrected chi connectivity index (χ0v) is 11.9. The van der Waals surface area contributed by atoms with E-state index in [2.05, 4.69) is 0 Å². The minimum Gasteiger partial charge on any atom is -0.258 e. The van der Waals surface area contributed by atoms with E-state index >= 15 is 0 Å². The second-order valence-corrected chi connectivity index (χ2v) is 6.20. The van der Waals surface area contributed by atoms with Crippen LogP contribution in [0.2, 0.25) is 0 Å². The molecule has 2 aromatic rings. The number of anilines is 1. The number of hydrazine groups is 1. The summed E-state index contributed by atoms with van der Waals surface area (Å²) in [4.78, 5) is 10.1. The van der Waals surface area contributed by atoms with Gasteiger partial charge in [0.1, 0.15) is 0 Å². The summed E-state index contributed by atoms with van der Waals surface area (Å²) in [6.07, 6.45) is 0. The van der Waals surface area contributed by atoms with Crippen LogP contribution in [-0.4, -0.2) is 13.3 Å². The molecule has 2 aromatic carbocycles. The first-order valence-electron chi connectivity index (χ1n) is 5.93. The molecule has 7 nitrogen and oxygen atoms in total. The van der Waals surface area contributed by atoms with Gasteiger partial charge in [-0.05, 0) is 31.2 Å². The molecular formula is C13H13N3O4S. The molecule has 0 aliphatic rings. The van der Waals surface area contributed by atoms with Gasteiger partial charge in [0.25, 0.3) is 15.7 Å². The van der Waals surface area contributed by atoms with Crippen molar-refractivity contribution in [2.24, 2.45) is 5.84 Å². The van der Waals surface area contributed by atoms with Gasteiger partial charge in [-0.25, -0.2) is 10.3 Å². The van der Waals surface area contributed by atoms with Crippen molar-refractivity contribution in [3.8, 4) is 0 Å². The van der Waals surface area contributed by atoms with E-state index in [9.17, 15) is 18.5 Å². The van der Waals surface area contributed by atoms with Gasteiger partial charge in [-0.15, -0.1) is 0 Å². The van der Waals surface area contributed by atoms with Crippen molar-refractivity contribution in [1.82, 2.24) is 0 Å². The van der Waals surface area contributed by atoms with Crippen LogP contribution < -0.4 is 10.3 Å². The molecule has 0 spiro atoms. The number of nitro groups is 1. The summed E-state index contributed by atoms with van der Waals surface area (Å²) in [6, 6.07) is 11.2. The molecule has 0 saturated heterocycles. The van der Waals surface area contributed by atoms with Crippen molar-refractivity contribution in [3.05, 3.63) is 64.2 Å². The van der Waals surface area contributed by atoms with E-state index in [1.807, 2.05) is 6.92 Å². The van der Waals surface area contributed by atoms with E-state index < -0.39 is 14.9 Å². The summed E-state index contributed by atoms with van der Waals surface area (Å²) < 4.78 is 25.3. The maximum Gasteiger partial charge on any atom is 0.277 e. The molecule has 2 N–H and O–H groups in total. The van der Waals surface area contributed by atoms with Gasteiger partial charge in [0.15, 0.2) is 0 Å². The number of rotatable bonds is 4. The Morgan fingerprint density at radius 1 is 1.05 bits per heavy atom. The van der Waals surface area contributed by atoms with Crippen LogP contribution in [0.15, 0.2) is 53.4 Å². The zero-order chi connectivity index (χ0) is 15.6. The summed E-state index contributed by atoms with van der Waals surface area (Å²) >= 11 is 0. The maximum absolute atomic E-state index is 12.3. The molecule has 0 saturated carbocycles. The molecule has 2 rings (SSSR count). The molecule has 21 heavy (non-hydrogen) atoms. The first-order valence-corrected chi connectivity index (χ1v) is 7.37. The fraction of sp³-hybridized carbons (Fsp3) is 0.0769. The Hall–Kier alpha value is -2.45. The lowest BCUT2D eigenvalue weighted by Crippen LogP contribution is -2.37. The number of benzene rings is 2. The van der Waals surface area contributed by atoms with Gasteiger partial charge in [-0.3, -0.25) is 10.1 Å². The molecule has 0 fully saturated rings. The van der Waals surface area contributed by atoms with Gasteiger partial charge < -0.3 is 0 Å². The van der Waals surface area contributed by atoms with E-state index in [4.69, 9.17) is 5.84 Å². The second kappa shape index (κ2) is 5.51. The first-order chi connectivity index (χ1) is 9.82. The van der Waals surface area contributed by atoms with Crippen molar-refractivity contribution in [3.63, 3.8) is 0 Å². The predicted molar refractivity (Wildman–Crippen MR) is 78.1 cm³/mol. The number of hydrogen-bond acceptors (Lipinski definition) is 5. The quantitative estimate of drug-likeness (QED) is 0.528. The normalized spacial score (nSPS) is 11.1. The molecule has 0 heterocycles. The molecule has 0 bridgehead atoms. The number of nitro benzene ring substituents is 1. The first kappa shape index (κ1) is 14.9. The summed E-state index contributed by atoms with van der Waals surface area (Å²) in [5, 5.41) is 10.6. The van der Waals surface area contributed by atoms with Crippen LogP contribution in [0.4, 0.5) is 11.4 Å². The minimum absolute atomic E-state index is 0.0500. The van der Waals surface area contributed by atoms with Gasteiger partial charge >= 0.3 is 0 Å². The standard InChI is InChI=1S/C13H13N3O4S/c1-10-2-8-13(9-3-10)21(19,20)15(14)11-4-6-12(7-5-11)16(17)18/h2-9H,14H2,1H3. The van der Waals surface area contributed by atoms with Crippen LogP contribution in [0.5, 0.6) is 0 Å².